The first-order valence-corrected chi connectivity index (χ1v) is 4.92. The first kappa shape index (κ1) is 10.7. The molecule has 0 amide bonds. The van der Waals surface area contributed by atoms with E-state index in [4.69, 9.17) is 11.6 Å². The van der Waals surface area contributed by atoms with E-state index in [0.29, 0.717) is 5.15 Å². The number of aldehydes is 1. The number of nitrogens with zero attached hydrogens (tertiary/aromatic N) is 1. The third-order valence-corrected chi connectivity index (χ3v) is 2.65. The zero-order valence-corrected chi connectivity index (χ0v) is 9.69. The number of hydrogen-bond donors (Lipinski definition) is 0. The Morgan fingerprint density at radius 3 is 2.77 bits per heavy atom. The van der Waals surface area contributed by atoms with Crippen LogP contribution in [0.15, 0.2) is 16.7 Å². The first-order chi connectivity index (χ1) is 5.97. The topological polar surface area (TPSA) is 30.0 Å². The number of carbonyl (C=O) groups excluding carboxylic acids is 1. The smallest absolute Gasteiger partial charge is 0.130 e. The number of hydrogen-bond acceptors (Lipinski definition) is 2. The summed E-state index contributed by atoms with van der Waals surface area (Å²) in [6, 6.07) is 1.69. The summed E-state index contributed by atoms with van der Waals surface area (Å²) in [6.45, 7) is 3.66. The Balaban J connectivity index is 3.28. The van der Waals surface area contributed by atoms with Crippen molar-refractivity contribution in [2.45, 2.75) is 19.3 Å². The van der Waals surface area contributed by atoms with Crippen LogP contribution in [0, 0.1) is 0 Å². The molecule has 0 fully saturated rings. The van der Waals surface area contributed by atoms with Crippen molar-refractivity contribution in [1.29, 1.82) is 0 Å². The molecule has 1 aromatic rings. The fourth-order valence-corrected chi connectivity index (χ4v) is 1.86. The largest absolute Gasteiger partial charge is 0.302 e. The second-order valence-corrected chi connectivity index (χ2v) is 4.57. The number of halogens is 2. The SMILES string of the molecule is CC(C)(C=O)c1cc(Cl)ncc1Br. The highest BCUT2D eigenvalue weighted by Gasteiger charge is 2.22. The maximum Gasteiger partial charge on any atom is 0.130 e. The molecule has 13 heavy (non-hydrogen) atoms. The van der Waals surface area contributed by atoms with Gasteiger partial charge in [-0.25, -0.2) is 4.98 Å². The van der Waals surface area contributed by atoms with Crippen LogP contribution in [0.2, 0.25) is 5.15 Å². The molecule has 1 rings (SSSR count). The normalized spacial score (nSPS) is 11.4. The zero-order valence-electron chi connectivity index (χ0n) is 7.34. The van der Waals surface area contributed by atoms with E-state index < -0.39 is 5.41 Å². The Labute approximate surface area is 90.4 Å². The third kappa shape index (κ3) is 2.29. The van der Waals surface area contributed by atoms with Crippen molar-refractivity contribution in [1.82, 2.24) is 4.98 Å². The number of aromatic nitrogens is 1. The van der Waals surface area contributed by atoms with Gasteiger partial charge in [0.15, 0.2) is 0 Å². The minimum Gasteiger partial charge on any atom is -0.302 e. The van der Waals surface area contributed by atoms with Crippen molar-refractivity contribution in [3.05, 3.63) is 27.5 Å². The van der Waals surface area contributed by atoms with E-state index in [1.54, 1.807) is 12.3 Å². The summed E-state index contributed by atoms with van der Waals surface area (Å²) in [6.07, 6.45) is 2.49. The average molecular weight is 263 g/mol. The molecule has 2 nitrogen and oxygen atoms in total. The van der Waals surface area contributed by atoms with E-state index in [-0.39, 0.29) is 0 Å². The molecule has 0 unspecified atom stereocenters. The second-order valence-electron chi connectivity index (χ2n) is 3.33. The summed E-state index contributed by atoms with van der Waals surface area (Å²) in [4.78, 5) is 14.7. The maximum atomic E-state index is 10.8. The lowest BCUT2D eigenvalue weighted by molar-refractivity contribution is -0.111. The molecular weight excluding hydrogens is 253 g/mol. The van der Waals surface area contributed by atoms with Crippen LogP contribution < -0.4 is 0 Å². The Morgan fingerprint density at radius 2 is 2.23 bits per heavy atom. The predicted octanol–water partition coefficient (Wildman–Crippen LogP) is 2.97. The number of rotatable bonds is 2. The lowest BCUT2D eigenvalue weighted by Gasteiger charge is -2.18. The molecule has 0 aliphatic carbocycles. The van der Waals surface area contributed by atoms with Crippen molar-refractivity contribution in [3.63, 3.8) is 0 Å². The second kappa shape index (κ2) is 3.76. The minimum absolute atomic E-state index is 0.396. The summed E-state index contributed by atoms with van der Waals surface area (Å²) >= 11 is 9.06. The van der Waals surface area contributed by atoms with Crippen molar-refractivity contribution < 1.29 is 4.79 Å². The first-order valence-electron chi connectivity index (χ1n) is 3.75. The number of pyridine rings is 1. The van der Waals surface area contributed by atoms with Crippen LogP contribution in [0.1, 0.15) is 19.4 Å². The third-order valence-electron chi connectivity index (χ3n) is 1.81. The molecule has 70 valence electrons. The van der Waals surface area contributed by atoms with Crippen molar-refractivity contribution >= 4 is 33.8 Å². The van der Waals surface area contributed by atoms with Crippen molar-refractivity contribution in [2.75, 3.05) is 0 Å². The molecule has 0 aliphatic heterocycles. The molecule has 0 saturated carbocycles. The average Bonchev–Trinajstić information content (AvgIpc) is 2.09. The molecule has 1 aromatic heterocycles. The lowest BCUT2D eigenvalue weighted by Crippen LogP contribution is -2.19. The van der Waals surface area contributed by atoms with Gasteiger partial charge >= 0.3 is 0 Å². The molecule has 0 spiro atoms. The summed E-state index contributed by atoms with van der Waals surface area (Å²) < 4.78 is 0.800. The maximum absolute atomic E-state index is 10.8. The highest BCUT2D eigenvalue weighted by Crippen LogP contribution is 2.29. The van der Waals surface area contributed by atoms with Gasteiger partial charge in [0.05, 0.1) is 0 Å². The van der Waals surface area contributed by atoms with Gasteiger partial charge in [-0.15, -0.1) is 0 Å². The van der Waals surface area contributed by atoms with Crippen LogP contribution in [0.3, 0.4) is 0 Å². The minimum atomic E-state index is -0.536. The summed E-state index contributed by atoms with van der Waals surface area (Å²) in [7, 11) is 0. The quantitative estimate of drug-likeness (QED) is 0.606. The van der Waals surface area contributed by atoms with Gasteiger partial charge in [-0.05, 0) is 41.4 Å². The summed E-state index contributed by atoms with van der Waals surface area (Å²) in [5.41, 5.74) is 0.313. The Bertz CT molecular complexity index is 338. The van der Waals surface area contributed by atoms with Gasteiger partial charge in [-0.2, -0.15) is 0 Å². The van der Waals surface area contributed by atoms with E-state index in [2.05, 4.69) is 20.9 Å². The van der Waals surface area contributed by atoms with Crippen LogP contribution in [-0.2, 0) is 10.2 Å². The van der Waals surface area contributed by atoms with Gasteiger partial charge < -0.3 is 4.79 Å². The highest BCUT2D eigenvalue weighted by atomic mass is 79.9. The van der Waals surface area contributed by atoms with Crippen LogP contribution >= 0.6 is 27.5 Å². The summed E-state index contributed by atoms with van der Waals surface area (Å²) in [5.74, 6) is 0. The van der Waals surface area contributed by atoms with Gasteiger partial charge in [0, 0.05) is 16.1 Å². The van der Waals surface area contributed by atoms with E-state index >= 15 is 0 Å². The van der Waals surface area contributed by atoms with Gasteiger partial charge in [-0.1, -0.05) is 11.6 Å². The number of carbonyl (C=O) groups is 1. The standard InChI is InChI=1S/C9H9BrClNO/c1-9(2,5-13)6-3-8(11)12-4-7(6)10/h3-5H,1-2H3. The predicted molar refractivity (Wildman–Crippen MR) is 56.0 cm³/mol. The molecule has 0 radical (unpaired) electrons. The van der Waals surface area contributed by atoms with Gasteiger partial charge in [0.25, 0.3) is 0 Å². The van der Waals surface area contributed by atoms with E-state index in [9.17, 15) is 4.79 Å². The molecule has 0 aliphatic rings. The molecule has 0 aromatic carbocycles. The fraction of sp³-hybridized carbons (Fsp3) is 0.333. The molecule has 0 saturated heterocycles. The Morgan fingerprint density at radius 1 is 1.62 bits per heavy atom. The van der Waals surface area contributed by atoms with Gasteiger partial charge in [0.2, 0.25) is 0 Å². The molecule has 1 heterocycles. The lowest BCUT2D eigenvalue weighted by atomic mass is 9.87. The van der Waals surface area contributed by atoms with Crippen molar-refractivity contribution in [2.24, 2.45) is 0 Å². The van der Waals surface area contributed by atoms with Gasteiger partial charge in [0.1, 0.15) is 11.4 Å². The fourth-order valence-electron chi connectivity index (χ4n) is 0.970. The highest BCUT2D eigenvalue weighted by molar-refractivity contribution is 9.10. The van der Waals surface area contributed by atoms with Crippen molar-refractivity contribution in [3.8, 4) is 0 Å². The Hall–Kier alpha value is -0.410. The van der Waals surface area contributed by atoms with E-state index in [0.717, 1.165) is 16.3 Å². The molecule has 4 heteroatoms. The van der Waals surface area contributed by atoms with Crippen LogP contribution in [-0.4, -0.2) is 11.3 Å². The zero-order chi connectivity index (χ0) is 10.1. The van der Waals surface area contributed by atoms with Gasteiger partial charge in [-0.3, -0.25) is 0 Å². The van der Waals surface area contributed by atoms with E-state index in [1.165, 1.54) is 0 Å². The summed E-state index contributed by atoms with van der Waals surface area (Å²) in [5, 5.41) is 0.396. The monoisotopic (exact) mass is 261 g/mol. The van der Waals surface area contributed by atoms with E-state index in [1.807, 2.05) is 13.8 Å². The molecular formula is C9H9BrClNO. The molecule has 0 N–H and O–H groups in total. The molecule has 0 atom stereocenters. The van der Waals surface area contributed by atoms with Crippen LogP contribution in [0.4, 0.5) is 0 Å². The molecule has 0 bridgehead atoms. The van der Waals surface area contributed by atoms with Crippen LogP contribution in [0.25, 0.3) is 0 Å². The van der Waals surface area contributed by atoms with Crippen LogP contribution in [0.5, 0.6) is 0 Å². The Kier molecular flexibility index (Phi) is 3.09.